The SMILES string of the molecule is CCOc1ccc(C(=O)Oc2ccc3c(=O)c(Oc4ccc(C)cc4)coc3c2)cc1. The largest absolute Gasteiger partial charge is 0.494 e. The molecule has 31 heavy (non-hydrogen) atoms. The lowest BCUT2D eigenvalue weighted by atomic mass is 10.2. The van der Waals surface area contributed by atoms with Gasteiger partial charge in [0, 0.05) is 6.07 Å². The number of ether oxygens (including phenoxy) is 3. The number of fused-ring (bicyclic) bond motifs is 1. The van der Waals surface area contributed by atoms with E-state index in [0.717, 1.165) is 5.56 Å². The van der Waals surface area contributed by atoms with Crippen molar-refractivity contribution in [2.75, 3.05) is 6.61 Å². The molecule has 0 atom stereocenters. The van der Waals surface area contributed by atoms with Crippen LogP contribution in [0, 0.1) is 6.92 Å². The molecule has 4 rings (SSSR count). The van der Waals surface area contributed by atoms with Gasteiger partial charge in [-0.05, 0) is 62.4 Å². The van der Waals surface area contributed by atoms with E-state index >= 15 is 0 Å². The number of rotatable bonds is 6. The minimum atomic E-state index is -0.524. The molecule has 156 valence electrons. The zero-order valence-corrected chi connectivity index (χ0v) is 17.1. The van der Waals surface area contributed by atoms with E-state index in [4.69, 9.17) is 18.6 Å². The van der Waals surface area contributed by atoms with E-state index in [0.29, 0.717) is 34.6 Å². The minimum Gasteiger partial charge on any atom is -0.494 e. The second kappa shape index (κ2) is 8.75. The topological polar surface area (TPSA) is 75.0 Å². The van der Waals surface area contributed by atoms with E-state index in [1.807, 2.05) is 26.0 Å². The van der Waals surface area contributed by atoms with Gasteiger partial charge in [0.1, 0.15) is 29.1 Å². The first kappa shape index (κ1) is 20.2. The predicted molar refractivity (Wildman–Crippen MR) is 116 cm³/mol. The molecule has 1 aromatic heterocycles. The summed E-state index contributed by atoms with van der Waals surface area (Å²) in [5, 5.41) is 0.325. The van der Waals surface area contributed by atoms with Crippen molar-refractivity contribution in [2.45, 2.75) is 13.8 Å². The molecule has 0 saturated carbocycles. The van der Waals surface area contributed by atoms with Crippen LogP contribution in [0.5, 0.6) is 23.0 Å². The molecule has 0 N–H and O–H groups in total. The highest BCUT2D eigenvalue weighted by Gasteiger charge is 2.13. The zero-order chi connectivity index (χ0) is 21.8. The van der Waals surface area contributed by atoms with Crippen LogP contribution in [0.4, 0.5) is 0 Å². The molecule has 0 aliphatic rings. The van der Waals surface area contributed by atoms with Gasteiger partial charge in [-0.3, -0.25) is 4.79 Å². The lowest BCUT2D eigenvalue weighted by molar-refractivity contribution is 0.0735. The molecule has 0 amide bonds. The summed E-state index contributed by atoms with van der Waals surface area (Å²) in [6.45, 7) is 4.40. The number of carbonyl (C=O) groups is 1. The fourth-order valence-electron chi connectivity index (χ4n) is 2.98. The van der Waals surface area contributed by atoms with E-state index in [1.54, 1.807) is 48.5 Å². The third-order valence-electron chi connectivity index (χ3n) is 4.57. The highest BCUT2D eigenvalue weighted by Crippen LogP contribution is 2.25. The van der Waals surface area contributed by atoms with Gasteiger partial charge >= 0.3 is 5.97 Å². The second-order valence-corrected chi connectivity index (χ2v) is 6.85. The Hall–Kier alpha value is -4.06. The first-order valence-corrected chi connectivity index (χ1v) is 9.78. The number of carbonyl (C=O) groups excluding carboxylic acids is 1. The lowest BCUT2D eigenvalue weighted by Crippen LogP contribution is -2.09. The summed E-state index contributed by atoms with van der Waals surface area (Å²) < 4.78 is 22.0. The van der Waals surface area contributed by atoms with Crippen LogP contribution in [0.3, 0.4) is 0 Å². The molecule has 3 aromatic carbocycles. The normalized spacial score (nSPS) is 10.6. The van der Waals surface area contributed by atoms with Crippen LogP contribution in [-0.2, 0) is 0 Å². The van der Waals surface area contributed by atoms with Gasteiger partial charge in [-0.1, -0.05) is 17.7 Å². The number of hydrogen-bond donors (Lipinski definition) is 0. The molecular weight excluding hydrogens is 396 g/mol. The van der Waals surface area contributed by atoms with Gasteiger partial charge in [0.2, 0.25) is 11.2 Å². The van der Waals surface area contributed by atoms with Crippen LogP contribution in [-0.4, -0.2) is 12.6 Å². The van der Waals surface area contributed by atoms with Crippen molar-refractivity contribution >= 4 is 16.9 Å². The molecule has 0 bridgehead atoms. The maximum Gasteiger partial charge on any atom is 0.343 e. The predicted octanol–water partition coefficient (Wildman–Crippen LogP) is 5.51. The molecule has 0 unspecified atom stereocenters. The average molecular weight is 416 g/mol. The fraction of sp³-hybridized carbons (Fsp3) is 0.120. The van der Waals surface area contributed by atoms with Gasteiger partial charge < -0.3 is 18.6 Å². The molecule has 4 aromatic rings. The number of benzene rings is 3. The highest BCUT2D eigenvalue weighted by atomic mass is 16.5. The molecule has 0 aliphatic heterocycles. The number of hydrogen-bond acceptors (Lipinski definition) is 6. The van der Waals surface area contributed by atoms with Crippen molar-refractivity contribution in [1.29, 1.82) is 0 Å². The Morgan fingerprint density at radius 1 is 0.903 bits per heavy atom. The Balaban J connectivity index is 1.53. The first-order valence-electron chi connectivity index (χ1n) is 9.78. The Bertz CT molecular complexity index is 1270. The van der Waals surface area contributed by atoms with Gasteiger partial charge in [0.15, 0.2) is 0 Å². The summed E-state index contributed by atoms with van der Waals surface area (Å²) in [7, 11) is 0. The Morgan fingerprint density at radius 2 is 1.58 bits per heavy atom. The van der Waals surface area contributed by atoms with Crippen LogP contribution in [0.15, 0.2) is 82.2 Å². The Labute approximate surface area is 178 Å². The summed E-state index contributed by atoms with van der Waals surface area (Å²) >= 11 is 0. The number of esters is 1. The Kier molecular flexibility index (Phi) is 5.71. The van der Waals surface area contributed by atoms with Gasteiger partial charge in [0.05, 0.1) is 17.6 Å². The van der Waals surface area contributed by atoms with E-state index in [-0.39, 0.29) is 16.9 Å². The van der Waals surface area contributed by atoms with E-state index in [1.165, 1.54) is 12.3 Å². The molecule has 0 fully saturated rings. The summed E-state index contributed by atoms with van der Waals surface area (Å²) in [5.74, 6) is 1.04. The molecular formula is C25H20O6. The molecule has 6 nitrogen and oxygen atoms in total. The third kappa shape index (κ3) is 4.59. The quantitative estimate of drug-likeness (QED) is 0.305. The minimum absolute atomic E-state index is 0.0792. The van der Waals surface area contributed by atoms with Crippen molar-refractivity contribution in [3.05, 3.63) is 94.3 Å². The van der Waals surface area contributed by atoms with Crippen LogP contribution < -0.4 is 19.6 Å². The lowest BCUT2D eigenvalue weighted by Gasteiger charge is -2.08. The molecule has 0 aliphatic carbocycles. The standard InChI is InChI=1S/C25H20O6/c1-3-28-18-10-6-17(7-11-18)25(27)31-20-12-13-21-22(14-20)29-15-23(24(21)26)30-19-8-4-16(2)5-9-19/h4-15H,3H2,1-2H3. The van der Waals surface area contributed by atoms with Crippen LogP contribution in [0.1, 0.15) is 22.8 Å². The third-order valence-corrected chi connectivity index (χ3v) is 4.57. The maximum atomic E-state index is 12.7. The summed E-state index contributed by atoms with van der Waals surface area (Å²) in [4.78, 5) is 25.1. The summed E-state index contributed by atoms with van der Waals surface area (Å²) in [6.07, 6.45) is 1.25. The van der Waals surface area contributed by atoms with E-state index < -0.39 is 5.97 Å². The fourth-order valence-corrected chi connectivity index (χ4v) is 2.98. The summed E-state index contributed by atoms with van der Waals surface area (Å²) in [6, 6.07) is 18.6. The van der Waals surface area contributed by atoms with E-state index in [2.05, 4.69) is 0 Å². The van der Waals surface area contributed by atoms with Crippen LogP contribution in [0.25, 0.3) is 11.0 Å². The van der Waals surface area contributed by atoms with E-state index in [9.17, 15) is 9.59 Å². The van der Waals surface area contributed by atoms with Gasteiger partial charge in [-0.2, -0.15) is 0 Å². The van der Waals surface area contributed by atoms with Crippen molar-refractivity contribution in [3.63, 3.8) is 0 Å². The Morgan fingerprint density at radius 3 is 2.29 bits per heavy atom. The molecule has 0 spiro atoms. The smallest absolute Gasteiger partial charge is 0.343 e. The van der Waals surface area contributed by atoms with Crippen molar-refractivity contribution in [1.82, 2.24) is 0 Å². The van der Waals surface area contributed by atoms with Crippen molar-refractivity contribution < 1.29 is 23.4 Å². The average Bonchev–Trinajstić information content (AvgIpc) is 2.78. The van der Waals surface area contributed by atoms with Gasteiger partial charge in [-0.15, -0.1) is 0 Å². The molecule has 0 saturated heterocycles. The zero-order valence-electron chi connectivity index (χ0n) is 17.1. The van der Waals surface area contributed by atoms with Crippen LogP contribution >= 0.6 is 0 Å². The van der Waals surface area contributed by atoms with Gasteiger partial charge in [0.25, 0.3) is 0 Å². The monoisotopic (exact) mass is 416 g/mol. The van der Waals surface area contributed by atoms with Crippen molar-refractivity contribution in [2.24, 2.45) is 0 Å². The molecule has 6 heteroatoms. The van der Waals surface area contributed by atoms with Crippen molar-refractivity contribution in [3.8, 4) is 23.0 Å². The first-order chi connectivity index (χ1) is 15.0. The van der Waals surface area contributed by atoms with Gasteiger partial charge in [-0.25, -0.2) is 4.79 Å². The molecule has 1 heterocycles. The summed E-state index contributed by atoms with van der Waals surface area (Å²) in [5.41, 5.74) is 1.45. The second-order valence-electron chi connectivity index (χ2n) is 6.85. The molecule has 0 radical (unpaired) electrons. The highest BCUT2D eigenvalue weighted by molar-refractivity contribution is 5.91. The van der Waals surface area contributed by atoms with Crippen LogP contribution in [0.2, 0.25) is 0 Å². The number of aryl methyl sites for hydroxylation is 1. The maximum absolute atomic E-state index is 12.7.